The number of hydrogen-bond acceptors (Lipinski definition) is 4. The minimum Gasteiger partial charge on any atom is -0.477 e. The van der Waals surface area contributed by atoms with Crippen LogP contribution in [0.5, 0.6) is 0 Å². The van der Waals surface area contributed by atoms with Crippen LogP contribution in [0.4, 0.5) is 0 Å². The maximum atomic E-state index is 11.3. The number of aliphatic carboxylic acids is 1. The summed E-state index contributed by atoms with van der Waals surface area (Å²) in [5.74, 6) is -1.75. The SMILES string of the molecule is COCC(=O)C(C(=O)O)=C(C)N(C)C. The Balaban J connectivity index is 5.04. The monoisotopic (exact) mass is 201 g/mol. The van der Waals surface area contributed by atoms with Crippen LogP contribution in [0, 0.1) is 0 Å². The van der Waals surface area contributed by atoms with Gasteiger partial charge < -0.3 is 14.7 Å². The van der Waals surface area contributed by atoms with Crippen molar-refractivity contribution in [1.82, 2.24) is 4.90 Å². The number of carboxylic acids is 1. The summed E-state index contributed by atoms with van der Waals surface area (Å²) in [7, 11) is 4.71. The number of allylic oxidation sites excluding steroid dienone is 1. The van der Waals surface area contributed by atoms with Gasteiger partial charge in [0.25, 0.3) is 0 Å². The summed E-state index contributed by atoms with van der Waals surface area (Å²) in [6.07, 6.45) is 0. The smallest absolute Gasteiger partial charge is 0.341 e. The van der Waals surface area contributed by atoms with E-state index >= 15 is 0 Å². The van der Waals surface area contributed by atoms with E-state index in [1.165, 1.54) is 7.11 Å². The first kappa shape index (κ1) is 12.6. The minimum absolute atomic E-state index is 0.215. The molecule has 0 unspecified atom stereocenters. The fourth-order valence-corrected chi connectivity index (χ4v) is 0.903. The number of rotatable bonds is 5. The summed E-state index contributed by atoms with van der Waals surface area (Å²) < 4.78 is 4.60. The maximum absolute atomic E-state index is 11.3. The molecule has 80 valence electrons. The van der Waals surface area contributed by atoms with Gasteiger partial charge in [0.2, 0.25) is 0 Å². The van der Waals surface area contributed by atoms with Gasteiger partial charge in [-0.25, -0.2) is 4.79 Å². The molecule has 0 saturated carbocycles. The normalized spacial score (nSPS) is 12.0. The summed E-state index contributed by atoms with van der Waals surface area (Å²) >= 11 is 0. The molecule has 0 atom stereocenters. The summed E-state index contributed by atoms with van der Waals surface area (Å²) in [4.78, 5) is 23.7. The van der Waals surface area contributed by atoms with Crippen molar-refractivity contribution in [2.75, 3.05) is 27.8 Å². The van der Waals surface area contributed by atoms with Gasteiger partial charge in [0.15, 0.2) is 5.78 Å². The lowest BCUT2D eigenvalue weighted by Crippen LogP contribution is -2.23. The van der Waals surface area contributed by atoms with E-state index in [-0.39, 0.29) is 12.2 Å². The van der Waals surface area contributed by atoms with Gasteiger partial charge in [-0.05, 0) is 6.92 Å². The third-order valence-corrected chi connectivity index (χ3v) is 1.80. The number of hydrogen-bond donors (Lipinski definition) is 1. The summed E-state index contributed by atoms with van der Waals surface area (Å²) in [6.45, 7) is 1.36. The maximum Gasteiger partial charge on any atom is 0.341 e. The van der Waals surface area contributed by atoms with E-state index in [1.807, 2.05) is 0 Å². The second-order valence-corrected chi connectivity index (χ2v) is 3.02. The van der Waals surface area contributed by atoms with Crippen LogP contribution < -0.4 is 0 Å². The molecule has 1 N–H and O–H groups in total. The van der Waals surface area contributed by atoms with Crippen molar-refractivity contribution in [1.29, 1.82) is 0 Å². The minimum atomic E-state index is -1.22. The molecule has 0 bridgehead atoms. The van der Waals surface area contributed by atoms with Crippen molar-refractivity contribution < 1.29 is 19.4 Å². The molecular formula is C9H15NO4. The standard InChI is InChI=1S/C9H15NO4/c1-6(10(2)3)8(9(12)13)7(11)5-14-4/h5H2,1-4H3,(H,12,13). The highest BCUT2D eigenvalue weighted by Gasteiger charge is 2.20. The third-order valence-electron chi connectivity index (χ3n) is 1.80. The molecule has 0 aromatic carbocycles. The molecule has 0 aliphatic carbocycles. The number of nitrogens with zero attached hydrogens (tertiary/aromatic N) is 1. The fourth-order valence-electron chi connectivity index (χ4n) is 0.903. The van der Waals surface area contributed by atoms with Gasteiger partial charge in [0, 0.05) is 26.9 Å². The molecule has 0 radical (unpaired) electrons. The van der Waals surface area contributed by atoms with Gasteiger partial charge in [0.1, 0.15) is 12.2 Å². The quantitative estimate of drug-likeness (QED) is 0.389. The molecule has 0 spiro atoms. The molecule has 0 aromatic rings. The Hall–Kier alpha value is -1.36. The molecule has 0 aromatic heterocycles. The second-order valence-electron chi connectivity index (χ2n) is 3.02. The van der Waals surface area contributed by atoms with E-state index in [0.29, 0.717) is 5.70 Å². The van der Waals surface area contributed by atoms with Crippen molar-refractivity contribution in [2.24, 2.45) is 0 Å². The first-order valence-corrected chi connectivity index (χ1v) is 4.05. The van der Waals surface area contributed by atoms with Crippen LogP contribution in [0.1, 0.15) is 6.92 Å². The van der Waals surface area contributed by atoms with E-state index in [1.54, 1.807) is 25.9 Å². The predicted octanol–water partition coefficient (Wildman–Crippen LogP) is 0.122. The number of methoxy groups -OCH3 is 1. The largest absolute Gasteiger partial charge is 0.477 e. The second kappa shape index (κ2) is 5.39. The van der Waals surface area contributed by atoms with E-state index < -0.39 is 11.8 Å². The summed E-state index contributed by atoms with van der Waals surface area (Å²) in [5, 5.41) is 8.83. The number of ketones is 1. The first-order chi connectivity index (χ1) is 6.41. The third kappa shape index (κ3) is 3.18. The fraction of sp³-hybridized carbons (Fsp3) is 0.556. The van der Waals surface area contributed by atoms with Crippen LogP contribution in [0.3, 0.4) is 0 Å². The van der Waals surface area contributed by atoms with E-state index in [9.17, 15) is 9.59 Å². The number of Topliss-reactive ketones (excluding diaryl/α,β-unsaturated/α-hetero) is 1. The Morgan fingerprint density at radius 2 is 1.86 bits per heavy atom. The van der Waals surface area contributed by atoms with E-state index in [4.69, 9.17) is 5.11 Å². The Morgan fingerprint density at radius 1 is 1.36 bits per heavy atom. The Morgan fingerprint density at radius 3 is 2.14 bits per heavy atom. The lowest BCUT2D eigenvalue weighted by Gasteiger charge is -2.15. The highest BCUT2D eigenvalue weighted by molar-refractivity contribution is 6.17. The van der Waals surface area contributed by atoms with Crippen molar-refractivity contribution >= 4 is 11.8 Å². The van der Waals surface area contributed by atoms with Crippen molar-refractivity contribution in [3.8, 4) is 0 Å². The number of carboxylic acid groups (broad SMARTS) is 1. The van der Waals surface area contributed by atoms with Gasteiger partial charge >= 0.3 is 5.97 Å². The number of ether oxygens (including phenoxy) is 1. The van der Waals surface area contributed by atoms with Crippen LogP contribution in [0.25, 0.3) is 0 Å². The molecule has 0 heterocycles. The average molecular weight is 201 g/mol. The van der Waals surface area contributed by atoms with Gasteiger partial charge in [-0.1, -0.05) is 0 Å². The van der Waals surface area contributed by atoms with Gasteiger partial charge in [-0.15, -0.1) is 0 Å². The highest BCUT2D eigenvalue weighted by Crippen LogP contribution is 2.08. The molecule has 0 amide bonds. The Kier molecular flexibility index (Phi) is 4.86. The summed E-state index contributed by atoms with van der Waals surface area (Å²) in [5.41, 5.74) is 0.191. The number of carbonyl (C=O) groups excluding carboxylic acids is 1. The zero-order chi connectivity index (χ0) is 11.3. The molecule has 5 heteroatoms. The van der Waals surface area contributed by atoms with Crippen molar-refractivity contribution in [3.05, 3.63) is 11.3 Å². The molecule has 0 rings (SSSR count). The molecule has 0 aliphatic rings. The topological polar surface area (TPSA) is 66.8 Å². The van der Waals surface area contributed by atoms with E-state index in [2.05, 4.69) is 4.74 Å². The molecule has 0 aliphatic heterocycles. The molecule has 0 saturated heterocycles. The van der Waals surface area contributed by atoms with Gasteiger partial charge in [-0.2, -0.15) is 0 Å². The lowest BCUT2D eigenvalue weighted by molar-refractivity contribution is -0.135. The van der Waals surface area contributed by atoms with Crippen LogP contribution in [0.2, 0.25) is 0 Å². The predicted molar refractivity (Wildman–Crippen MR) is 50.9 cm³/mol. The average Bonchev–Trinajstić information content (AvgIpc) is 2.03. The summed E-state index contributed by atoms with van der Waals surface area (Å²) in [6, 6.07) is 0. The Labute approximate surface area is 83.0 Å². The molecule has 5 nitrogen and oxygen atoms in total. The molecular weight excluding hydrogens is 186 g/mol. The van der Waals surface area contributed by atoms with Gasteiger partial charge in [0.05, 0.1) is 0 Å². The first-order valence-electron chi connectivity index (χ1n) is 4.05. The highest BCUT2D eigenvalue weighted by atomic mass is 16.5. The van der Waals surface area contributed by atoms with Crippen molar-refractivity contribution in [2.45, 2.75) is 6.92 Å². The molecule has 14 heavy (non-hydrogen) atoms. The molecule has 0 fully saturated rings. The van der Waals surface area contributed by atoms with Crippen LogP contribution in [-0.2, 0) is 14.3 Å². The van der Waals surface area contributed by atoms with E-state index in [0.717, 1.165) is 0 Å². The zero-order valence-electron chi connectivity index (χ0n) is 8.83. The Bertz CT molecular complexity index is 268. The number of carbonyl (C=O) groups is 2. The van der Waals surface area contributed by atoms with Crippen molar-refractivity contribution in [3.63, 3.8) is 0 Å². The van der Waals surface area contributed by atoms with Gasteiger partial charge in [-0.3, -0.25) is 4.79 Å². The zero-order valence-corrected chi connectivity index (χ0v) is 8.83. The van der Waals surface area contributed by atoms with Crippen LogP contribution in [-0.4, -0.2) is 49.6 Å². The van der Waals surface area contributed by atoms with Crippen LogP contribution in [0.15, 0.2) is 11.3 Å². The lowest BCUT2D eigenvalue weighted by atomic mass is 10.1. The van der Waals surface area contributed by atoms with Crippen LogP contribution >= 0.6 is 0 Å².